The number of fused-ring (bicyclic) bond motifs is 1. The van der Waals surface area contributed by atoms with E-state index in [1.54, 1.807) is 18.2 Å². The van der Waals surface area contributed by atoms with Crippen molar-refractivity contribution < 1.29 is 22.7 Å². The summed E-state index contributed by atoms with van der Waals surface area (Å²) in [5, 5.41) is 3.61. The summed E-state index contributed by atoms with van der Waals surface area (Å²) in [6.07, 6.45) is -3.19. The monoisotopic (exact) mass is 337 g/mol. The van der Waals surface area contributed by atoms with Gasteiger partial charge in [0.2, 0.25) is 6.61 Å². The maximum absolute atomic E-state index is 12.0. The minimum absolute atomic E-state index is 0.470. The van der Waals surface area contributed by atoms with Gasteiger partial charge in [-0.2, -0.15) is 13.2 Å². The Morgan fingerprint density at radius 3 is 2.89 bits per heavy atom. The Hall–Kier alpha value is -1.24. The van der Waals surface area contributed by atoms with Gasteiger partial charge in [0.15, 0.2) is 0 Å². The average Bonchev–Trinajstić information content (AvgIpc) is 2.50. The Morgan fingerprint density at radius 2 is 2.16 bits per heavy atom. The fourth-order valence-corrected chi connectivity index (χ4v) is 2.05. The van der Waals surface area contributed by atoms with E-state index < -0.39 is 12.8 Å². The predicted molar refractivity (Wildman–Crippen MR) is 67.4 cm³/mol. The normalized spacial score (nSPS) is 17.6. The first-order valence-electron chi connectivity index (χ1n) is 5.64. The zero-order valence-corrected chi connectivity index (χ0v) is 11.4. The van der Waals surface area contributed by atoms with Gasteiger partial charge in [0.1, 0.15) is 5.75 Å². The van der Waals surface area contributed by atoms with Crippen molar-refractivity contribution in [1.29, 1.82) is 0 Å². The van der Waals surface area contributed by atoms with Gasteiger partial charge < -0.3 is 9.57 Å². The molecule has 1 aliphatic heterocycles. The molecule has 0 saturated carbocycles. The molecule has 1 heterocycles. The lowest BCUT2D eigenvalue weighted by Gasteiger charge is -2.09. The third-order valence-corrected chi connectivity index (χ3v) is 2.96. The van der Waals surface area contributed by atoms with Crippen LogP contribution in [0.5, 0.6) is 5.75 Å². The van der Waals surface area contributed by atoms with Crippen LogP contribution in [0, 0.1) is 0 Å². The zero-order valence-electron chi connectivity index (χ0n) is 9.84. The van der Waals surface area contributed by atoms with Crippen molar-refractivity contribution >= 4 is 21.6 Å². The van der Waals surface area contributed by atoms with Gasteiger partial charge in [0.05, 0.1) is 12.3 Å². The molecule has 104 valence electrons. The summed E-state index contributed by atoms with van der Waals surface area (Å²) in [7, 11) is 0. The maximum atomic E-state index is 12.0. The fourth-order valence-electron chi connectivity index (χ4n) is 1.69. The number of benzene rings is 1. The summed E-state index contributed by atoms with van der Waals surface area (Å²) in [5.74, 6) is 0.607. The number of hydrogen-bond acceptors (Lipinski definition) is 3. The fraction of sp³-hybridized carbons (Fsp3) is 0.417. The Morgan fingerprint density at radius 1 is 1.37 bits per heavy atom. The van der Waals surface area contributed by atoms with Gasteiger partial charge in [-0.1, -0.05) is 21.1 Å². The van der Waals surface area contributed by atoms with Crippen LogP contribution >= 0.6 is 15.9 Å². The molecule has 0 amide bonds. The van der Waals surface area contributed by atoms with Crippen LogP contribution in [-0.2, 0) is 4.84 Å². The largest absolute Gasteiger partial charge is 0.493 e. The summed E-state index contributed by atoms with van der Waals surface area (Å²) >= 11 is 3.31. The van der Waals surface area contributed by atoms with E-state index in [0.717, 1.165) is 4.47 Å². The van der Waals surface area contributed by atoms with Crippen molar-refractivity contribution in [2.75, 3.05) is 13.2 Å². The lowest BCUT2D eigenvalue weighted by molar-refractivity contribution is -0.173. The van der Waals surface area contributed by atoms with Crippen LogP contribution in [0.1, 0.15) is 18.4 Å². The Labute approximate surface area is 116 Å². The zero-order chi connectivity index (χ0) is 13.9. The molecule has 1 aromatic rings. The smallest absolute Gasteiger partial charge is 0.425 e. The molecule has 7 heteroatoms. The minimum Gasteiger partial charge on any atom is -0.493 e. The van der Waals surface area contributed by atoms with E-state index in [1.807, 2.05) is 0 Å². The molecule has 0 atom stereocenters. The molecule has 0 fully saturated rings. The number of oxime groups is 1. The molecule has 1 aliphatic rings. The first-order valence-corrected chi connectivity index (χ1v) is 6.43. The van der Waals surface area contributed by atoms with E-state index in [0.29, 0.717) is 36.5 Å². The quantitative estimate of drug-likeness (QED) is 0.766. The molecule has 1 aromatic carbocycles. The van der Waals surface area contributed by atoms with Crippen molar-refractivity contribution in [1.82, 2.24) is 0 Å². The molecule has 0 N–H and O–H groups in total. The van der Waals surface area contributed by atoms with Crippen LogP contribution in [0.4, 0.5) is 13.2 Å². The van der Waals surface area contributed by atoms with Crippen LogP contribution in [0.3, 0.4) is 0 Å². The van der Waals surface area contributed by atoms with E-state index in [2.05, 4.69) is 25.9 Å². The van der Waals surface area contributed by atoms with Gasteiger partial charge in [-0.05, 0) is 31.0 Å². The molecule has 0 spiro atoms. The van der Waals surface area contributed by atoms with Gasteiger partial charge in [-0.15, -0.1) is 0 Å². The third kappa shape index (κ3) is 4.12. The minimum atomic E-state index is -4.38. The highest BCUT2D eigenvalue weighted by Gasteiger charge is 2.29. The second-order valence-corrected chi connectivity index (χ2v) is 4.93. The molecule has 0 saturated heterocycles. The van der Waals surface area contributed by atoms with Gasteiger partial charge in [-0.3, -0.25) is 0 Å². The van der Waals surface area contributed by atoms with Crippen LogP contribution in [-0.4, -0.2) is 25.1 Å². The number of alkyl halides is 3. The van der Waals surface area contributed by atoms with E-state index in [9.17, 15) is 13.2 Å². The highest BCUT2D eigenvalue weighted by Crippen LogP contribution is 2.28. The summed E-state index contributed by atoms with van der Waals surface area (Å²) in [6.45, 7) is -0.881. The SMILES string of the molecule is FC(F)(F)CO/N=C1\CCCOc2ccc(Br)cc21. The van der Waals surface area contributed by atoms with Crippen molar-refractivity contribution in [3.8, 4) is 5.75 Å². The van der Waals surface area contributed by atoms with Gasteiger partial charge in [-0.25, -0.2) is 0 Å². The molecule has 0 radical (unpaired) electrons. The van der Waals surface area contributed by atoms with Gasteiger partial charge >= 0.3 is 6.18 Å². The van der Waals surface area contributed by atoms with Crippen molar-refractivity contribution in [2.45, 2.75) is 19.0 Å². The Kier molecular flexibility index (Phi) is 4.34. The second-order valence-electron chi connectivity index (χ2n) is 4.02. The highest BCUT2D eigenvalue weighted by molar-refractivity contribution is 9.10. The van der Waals surface area contributed by atoms with Crippen LogP contribution in [0.15, 0.2) is 27.8 Å². The highest BCUT2D eigenvalue weighted by atomic mass is 79.9. The van der Waals surface area contributed by atoms with Crippen LogP contribution < -0.4 is 4.74 Å². The molecule has 0 aromatic heterocycles. The van der Waals surface area contributed by atoms with Crippen LogP contribution in [0.2, 0.25) is 0 Å². The summed E-state index contributed by atoms with van der Waals surface area (Å²) in [5.41, 5.74) is 1.13. The van der Waals surface area contributed by atoms with Crippen molar-refractivity contribution in [3.63, 3.8) is 0 Å². The van der Waals surface area contributed by atoms with Crippen molar-refractivity contribution in [2.24, 2.45) is 5.16 Å². The maximum Gasteiger partial charge on any atom is 0.425 e. The molecule has 0 aliphatic carbocycles. The van der Waals surface area contributed by atoms with E-state index in [4.69, 9.17) is 4.74 Å². The first kappa shape index (κ1) is 14.2. The van der Waals surface area contributed by atoms with Crippen LogP contribution in [0.25, 0.3) is 0 Å². The van der Waals surface area contributed by atoms with E-state index in [-0.39, 0.29) is 0 Å². The second kappa shape index (κ2) is 5.81. The number of halogens is 4. The number of nitrogens with zero attached hydrogens (tertiary/aromatic N) is 1. The molecule has 2 rings (SSSR count). The number of ether oxygens (including phenoxy) is 1. The molecular weight excluding hydrogens is 327 g/mol. The molecule has 3 nitrogen and oxygen atoms in total. The van der Waals surface area contributed by atoms with Gasteiger partial charge in [0.25, 0.3) is 0 Å². The third-order valence-electron chi connectivity index (χ3n) is 2.47. The Bertz CT molecular complexity index is 488. The lowest BCUT2D eigenvalue weighted by atomic mass is 10.1. The molecule has 0 bridgehead atoms. The van der Waals surface area contributed by atoms with E-state index >= 15 is 0 Å². The number of rotatable bonds is 2. The molecule has 0 unspecified atom stereocenters. The average molecular weight is 338 g/mol. The summed E-state index contributed by atoms with van der Waals surface area (Å²) in [4.78, 5) is 4.38. The lowest BCUT2D eigenvalue weighted by Crippen LogP contribution is -2.15. The number of hydrogen-bond donors (Lipinski definition) is 0. The molecular formula is C12H11BrF3NO2. The topological polar surface area (TPSA) is 30.8 Å². The standard InChI is InChI=1S/C12H11BrF3NO2/c13-8-3-4-11-9(6-8)10(2-1-5-18-11)17-19-7-12(14,15)16/h3-4,6H,1-2,5,7H2/b17-10+. The molecule has 19 heavy (non-hydrogen) atoms. The Balaban J connectivity index is 2.21. The summed E-state index contributed by atoms with van der Waals surface area (Å²) in [6, 6.07) is 5.32. The summed E-state index contributed by atoms with van der Waals surface area (Å²) < 4.78 is 42.4. The van der Waals surface area contributed by atoms with Gasteiger partial charge in [0, 0.05) is 10.0 Å². The first-order chi connectivity index (χ1) is 8.96. The van der Waals surface area contributed by atoms with Crippen molar-refractivity contribution in [3.05, 3.63) is 28.2 Å². The van der Waals surface area contributed by atoms with E-state index in [1.165, 1.54) is 0 Å². The predicted octanol–water partition coefficient (Wildman–Crippen LogP) is 3.90.